The van der Waals surface area contributed by atoms with E-state index < -0.39 is 37.1 Å². The van der Waals surface area contributed by atoms with Crippen molar-refractivity contribution in [3.05, 3.63) is 0 Å². The largest absolute Gasteiger partial charge is 0.466 e. The van der Waals surface area contributed by atoms with E-state index in [9.17, 15) is 19.2 Å². The molecule has 18 heavy (non-hydrogen) atoms. The first-order valence-electron chi connectivity index (χ1n) is 4.48. The van der Waals surface area contributed by atoms with Gasteiger partial charge in [-0.25, -0.2) is 19.2 Å². The molecule has 0 aliphatic rings. The molecule has 0 radical (unpaired) electrons. The van der Waals surface area contributed by atoms with Gasteiger partial charge >= 0.3 is 23.9 Å². The third-order valence-corrected chi connectivity index (χ3v) is 1.36. The molecule has 0 rings (SSSR count). The lowest BCUT2D eigenvalue weighted by molar-refractivity contribution is -0.154. The van der Waals surface area contributed by atoms with Crippen LogP contribution in [0.15, 0.2) is 0 Å². The van der Waals surface area contributed by atoms with Crippen molar-refractivity contribution in [2.75, 3.05) is 27.4 Å². The summed E-state index contributed by atoms with van der Waals surface area (Å²) in [4.78, 5) is 42.9. The maximum atomic E-state index is 10.9. The summed E-state index contributed by atoms with van der Waals surface area (Å²) in [6.45, 7) is -1.22. The van der Waals surface area contributed by atoms with E-state index in [1.807, 2.05) is 0 Å². The number of rotatable bonds is 4. The Kier molecular flexibility index (Phi) is 7.36. The van der Waals surface area contributed by atoms with Gasteiger partial charge in [0.2, 0.25) is 0 Å². The van der Waals surface area contributed by atoms with Crippen LogP contribution in [0.4, 0.5) is 0 Å². The van der Waals surface area contributed by atoms with Gasteiger partial charge in [0.05, 0.1) is 14.2 Å². The third kappa shape index (κ3) is 7.70. The van der Waals surface area contributed by atoms with Gasteiger partial charge in [-0.2, -0.15) is 0 Å². The molecule has 0 aromatic rings. The van der Waals surface area contributed by atoms with E-state index in [0.29, 0.717) is 0 Å². The highest BCUT2D eigenvalue weighted by atomic mass is 16.6. The van der Waals surface area contributed by atoms with Gasteiger partial charge in [-0.3, -0.25) is 0 Å². The van der Waals surface area contributed by atoms with Crippen LogP contribution in [0.1, 0.15) is 0 Å². The fourth-order valence-corrected chi connectivity index (χ4v) is 0.541. The van der Waals surface area contributed by atoms with Gasteiger partial charge in [0.25, 0.3) is 0 Å². The highest BCUT2D eigenvalue weighted by molar-refractivity contribution is 5.99. The molecule has 0 aliphatic carbocycles. The number of carbonyl (C=O) groups is 4. The molecule has 0 saturated carbocycles. The first-order chi connectivity index (χ1) is 8.49. The highest BCUT2D eigenvalue weighted by Crippen LogP contribution is 1.82. The van der Waals surface area contributed by atoms with Crippen LogP contribution in [-0.2, 0) is 38.1 Å². The molecule has 0 atom stereocenters. The van der Waals surface area contributed by atoms with Crippen LogP contribution in [-0.4, -0.2) is 51.3 Å². The minimum Gasteiger partial charge on any atom is -0.466 e. The Balaban J connectivity index is 4.00. The van der Waals surface area contributed by atoms with Crippen LogP contribution in [0.5, 0.6) is 0 Å². The van der Waals surface area contributed by atoms with Crippen LogP contribution < -0.4 is 0 Å². The molecule has 0 spiro atoms. The van der Waals surface area contributed by atoms with Crippen LogP contribution >= 0.6 is 0 Å². The van der Waals surface area contributed by atoms with Crippen molar-refractivity contribution < 1.29 is 38.1 Å². The molecule has 8 nitrogen and oxygen atoms in total. The average molecular weight is 258 g/mol. The molecule has 0 aromatic heterocycles. The van der Waals surface area contributed by atoms with Gasteiger partial charge in [0.1, 0.15) is 0 Å². The lowest BCUT2D eigenvalue weighted by Gasteiger charge is -1.98. The number of ether oxygens (including phenoxy) is 4. The summed E-state index contributed by atoms with van der Waals surface area (Å²) in [5.74, 6) is -0.218. The summed E-state index contributed by atoms with van der Waals surface area (Å²) in [5, 5.41) is 0. The second-order valence-electron chi connectivity index (χ2n) is 2.55. The smallest absolute Gasteiger partial charge is 0.385 e. The predicted molar refractivity (Wildman–Crippen MR) is 53.7 cm³/mol. The van der Waals surface area contributed by atoms with Crippen LogP contribution in [0.25, 0.3) is 0 Å². The van der Waals surface area contributed by atoms with Gasteiger partial charge in [-0.05, 0) is 0 Å². The zero-order valence-electron chi connectivity index (χ0n) is 9.68. The fourth-order valence-electron chi connectivity index (χ4n) is 0.541. The fraction of sp³-hybridized carbons (Fsp3) is 0.400. The van der Waals surface area contributed by atoms with E-state index in [0.717, 1.165) is 14.2 Å². The zero-order chi connectivity index (χ0) is 14.0. The van der Waals surface area contributed by atoms with Gasteiger partial charge < -0.3 is 18.9 Å². The summed E-state index contributed by atoms with van der Waals surface area (Å²) in [5.41, 5.74) is 0. The molecule has 0 saturated heterocycles. The Morgan fingerprint density at radius 3 is 1.39 bits per heavy atom. The lowest BCUT2D eigenvalue weighted by atomic mass is 10.5. The van der Waals surface area contributed by atoms with Crippen LogP contribution in [0, 0.1) is 11.8 Å². The Morgan fingerprint density at radius 1 is 0.778 bits per heavy atom. The van der Waals surface area contributed by atoms with E-state index in [-0.39, 0.29) is 0 Å². The van der Waals surface area contributed by atoms with Crippen LogP contribution in [0.3, 0.4) is 0 Å². The van der Waals surface area contributed by atoms with Crippen molar-refractivity contribution in [2.24, 2.45) is 0 Å². The van der Waals surface area contributed by atoms with Crippen molar-refractivity contribution >= 4 is 23.9 Å². The average Bonchev–Trinajstić information content (AvgIpc) is 2.39. The summed E-state index contributed by atoms with van der Waals surface area (Å²) < 4.78 is 17.0. The summed E-state index contributed by atoms with van der Waals surface area (Å²) in [7, 11) is 2.23. The number of hydrogen-bond acceptors (Lipinski definition) is 8. The third-order valence-electron chi connectivity index (χ3n) is 1.36. The standard InChI is InChI=1S/C10H10O8/c1-15-9(13)5-17-7(11)3-4-8(12)18-6-10(14)16-2/h5-6H2,1-2H3. The first kappa shape index (κ1) is 15.4. The Labute approximate surface area is 102 Å². The lowest BCUT2D eigenvalue weighted by Crippen LogP contribution is -2.15. The Hall–Kier alpha value is -2.56. The van der Waals surface area contributed by atoms with Gasteiger partial charge in [-0.15, -0.1) is 0 Å². The molecule has 0 aliphatic heterocycles. The second-order valence-corrected chi connectivity index (χ2v) is 2.55. The molecule has 0 bridgehead atoms. The van der Waals surface area contributed by atoms with Gasteiger partial charge in [-0.1, -0.05) is 0 Å². The monoisotopic (exact) mass is 258 g/mol. The van der Waals surface area contributed by atoms with Gasteiger partial charge in [0, 0.05) is 11.8 Å². The molecule has 0 heterocycles. The minimum absolute atomic E-state index is 0.610. The van der Waals surface area contributed by atoms with E-state index in [4.69, 9.17) is 0 Å². The van der Waals surface area contributed by atoms with E-state index in [2.05, 4.69) is 18.9 Å². The maximum absolute atomic E-state index is 10.9. The van der Waals surface area contributed by atoms with Crippen molar-refractivity contribution in [1.82, 2.24) is 0 Å². The number of esters is 4. The summed E-state index contributed by atoms with van der Waals surface area (Å²) in [6, 6.07) is 0. The molecule has 98 valence electrons. The van der Waals surface area contributed by atoms with E-state index >= 15 is 0 Å². The molecule has 0 unspecified atom stereocenters. The van der Waals surface area contributed by atoms with Crippen LogP contribution in [0.2, 0.25) is 0 Å². The molecule has 0 amide bonds. The quantitative estimate of drug-likeness (QED) is 0.257. The molecule has 0 aromatic carbocycles. The topological polar surface area (TPSA) is 105 Å². The van der Waals surface area contributed by atoms with Crippen molar-refractivity contribution in [3.63, 3.8) is 0 Å². The van der Waals surface area contributed by atoms with Crippen molar-refractivity contribution in [3.8, 4) is 11.8 Å². The Bertz CT molecular complexity index is 364. The number of hydrogen-bond donors (Lipinski definition) is 0. The van der Waals surface area contributed by atoms with Gasteiger partial charge in [0.15, 0.2) is 13.2 Å². The van der Waals surface area contributed by atoms with E-state index in [1.54, 1.807) is 11.8 Å². The summed E-state index contributed by atoms with van der Waals surface area (Å²) >= 11 is 0. The van der Waals surface area contributed by atoms with Crippen molar-refractivity contribution in [1.29, 1.82) is 0 Å². The summed E-state index contributed by atoms with van der Waals surface area (Å²) in [6.07, 6.45) is 0. The Morgan fingerprint density at radius 2 is 1.11 bits per heavy atom. The molecule has 0 N–H and O–H groups in total. The molecular weight excluding hydrogens is 248 g/mol. The predicted octanol–water partition coefficient (Wildman–Crippen LogP) is -1.58. The molecular formula is C10H10O8. The zero-order valence-corrected chi connectivity index (χ0v) is 9.68. The second kappa shape index (κ2) is 8.58. The van der Waals surface area contributed by atoms with E-state index in [1.165, 1.54) is 0 Å². The number of methoxy groups -OCH3 is 2. The normalized spacial score (nSPS) is 8.33. The number of carbonyl (C=O) groups excluding carboxylic acids is 4. The first-order valence-corrected chi connectivity index (χ1v) is 4.48. The molecule has 8 heteroatoms. The maximum Gasteiger partial charge on any atom is 0.385 e. The molecule has 0 fully saturated rings. The van der Waals surface area contributed by atoms with Crippen molar-refractivity contribution in [2.45, 2.75) is 0 Å². The highest BCUT2D eigenvalue weighted by Gasteiger charge is 2.06. The SMILES string of the molecule is COC(=O)COC(=O)C#CC(=O)OCC(=O)OC. The minimum atomic E-state index is -1.10.